The molecule has 0 aromatic heterocycles. The highest BCUT2D eigenvalue weighted by molar-refractivity contribution is 7.88. The smallest absolute Gasteiger partial charge is 0.215 e. The first-order valence-electron chi connectivity index (χ1n) is 4.75. The zero-order chi connectivity index (χ0) is 12.0. The van der Waals surface area contributed by atoms with E-state index in [1.807, 2.05) is 0 Å². The van der Waals surface area contributed by atoms with Gasteiger partial charge in [-0.15, -0.1) is 0 Å². The van der Waals surface area contributed by atoms with E-state index >= 15 is 0 Å². The highest BCUT2D eigenvalue weighted by atomic mass is 32.2. The number of ether oxygens (including phenoxy) is 1. The molecule has 90 valence electrons. The minimum atomic E-state index is -3.50. The minimum absolute atomic E-state index is 0.160. The van der Waals surface area contributed by atoms with Gasteiger partial charge in [0.25, 0.3) is 0 Å². The van der Waals surface area contributed by atoms with Gasteiger partial charge in [-0.25, -0.2) is 17.5 Å². The molecule has 6 heteroatoms. The number of methoxy groups -OCH3 is 1. The quantitative estimate of drug-likeness (QED) is 0.760. The molecule has 1 aromatic carbocycles. The van der Waals surface area contributed by atoms with Gasteiger partial charge in [0, 0.05) is 19.2 Å². The van der Waals surface area contributed by atoms with Crippen LogP contribution in [-0.2, 0) is 20.5 Å². The van der Waals surface area contributed by atoms with Gasteiger partial charge in [-0.2, -0.15) is 0 Å². The summed E-state index contributed by atoms with van der Waals surface area (Å²) in [6.45, 7) is 0.476. The van der Waals surface area contributed by atoms with Gasteiger partial charge in [0.1, 0.15) is 5.82 Å². The lowest BCUT2D eigenvalue weighted by Gasteiger charge is -2.06. The van der Waals surface area contributed by atoms with Crippen LogP contribution in [-0.4, -0.2) is 28.7 Å². The van der Waals surface area contributed by atoms with Crippen molar-refractivity contribution in [2.45, 2.75) is 5.75 Å². The summed E-state index contributed by atoms with van der Waals surface area (Å²) in [5.41, 5.74) is 0.160. The molecule has 4 nitrogen and oxygen atoms in total. The molecule has 0 amide bonds. The van der Waals surface area contributed by atoms with E-state index in [9.17, 15) is 12.8 Å². The summed E-state index contributed by atoms with van der Waals surface area (Å²) in [5.74, 6) is -0.872. The van der Waals surface area contributed by atoms with Crippen molar-refractivity contribution in [2.24, 2.45) is 0 Å². The number of hydrogen-bond donors (Lipinski definition) is 1. The minimum Gasteiger partial charge on any atom is -0.383 e. The largest absolute Gasteiger partial charge is 0.383 e. The van der Waals surface area contributed by atoms with Crippen LogP contribution in [0.1, 0.15) is 5.56 Å². The van der Waals surface area contributed by atoms with Crippen molar-refractivity contribution < 1.29 is 17.5 Å². The SMILES string of the molecule is COCCNS(=O)(=O)Cc1ccccc1F. The molecule has 1 N–H and O–H groups in total. The molecule has 0 fully saturated rings. The topological polar surface area (TPSA) is 55.4 Å². The predicted octanol–water partition coefficient (Wildman–Crippen LogP) is 0.891. The van der Waals surface area contributed by atoms with Crippen LogP contribution in [0.3, 0.4) is 0 Å². The second-order valence-corrected chi connectivity index (χ2v) is 5.04. The molecule has 0 atom stereocenters. The Morgan fingerprint density at radius 3 is 2.69 bits per heavy atom. The second-order valence-electron chi connectivity index (χ2n) is 3.24. The molecule has 0 aliphatic rings. The summed E-state index contributed by atoms with van der Waals surface area (Å²) in [5, 5.41) is 0. The van der Waals surface area contributed by atoms with Gasteiger partial charge in [0.2, 0.25) is 10.0 Å². The van der Waals surface area contributed by atoms with Gasteiger partial charge >= 0.3 is 0 Å². The highest BCUT2D eigenvalue weighted by Gasteiger charge is 2.13. The molecule has 0 unspecified atom stereocenters. The van der Waals surface area contributed by atoms with Gasteiger partial charge < -0.3 is 4.74 Å². The van der Waals surface area contributed by atoms with Crippen LogP contribution in [0.4, 0.5) is 4.39 Å². The summed E-state index contributed by atoms with van der Waals surface area (Å²) in [4.78, 5) is 0. The Labute approximate surface area is 94.5 Å². The van der Waals surface area contributed by atoms with Crippen molar-refractivity contribution in [1.82, 2.24) is 4.72 Å². The molecule has 0 saturated carbocycles. The molecule has 0 aliphatic carbocycles. The number of benzene rings is 1. The average Bonchev–Trinajstić information content (AvgIpc) is 2.21. The van der Waals surface area contributed by atoms with Crippen LogP contribution in [0.2, 0.25) is 0 Å². The standard InChI is InChI=1S/C10H14FNO3S/c1-15-7-6-12-16(13,14)8-9-4-2-3-5-10(9)11/h2-5,12H,6-8H2,1H3. The molecular formula is C10H14FNO3S. The lowest BCUT2D eigenvalue weighted by molar-refractivity contribution is 0.204. The molecule has 0 radical (unpaired) electrons. The zero-order valence-corrected chi connectivity index (χ0v) is 9.76. The molecular weight excluding hydrogens is 233 g/mol. The van der Waals surface area contributed by atoms with Crippen molar-refractivity contribution in [3.63, 3.8) is 0 Å². The fraction of sp³-hybridized carbons (Fsp3) is 0.400. The van der Waals surface area contributed by atoms with E-state index in [2.05, 4.69) is 4.72 Å². The van der Waals surface area contributed by atoms with Crippen LogP contribution in [0.15, 0.2) is 24.3 Å². The molecule has 0 spiro atoms. The first-order valence-corrected chi connectivity index (χ1v) is 6.40. The average molecular weight is 247 g/mol. The van der Waals surface area contributed by atoms with E-state index in [1.54, 1.807) is 6.07 Å². The number of nitrogens with one attached hydrogen (secondary N) is 1. The Bertz CT molecular complexity index is 433. The van der Waals surface area contributed by atoms with Crippen molar-refractivity contribution in [3.05, 3.63) is 35.6 Å². The van der Waals surface area contributed by atoms with E-state index in [1.165, 1.54) is 25.3 Å². The lowest BCUT2D eigenvalue weighted by atomic mass is 10.2. The maximum absolute atomic E-state index is 13.2. The van der Waals surface area contributed by atoms with Gasteiger partial charge in [-0.05, 0) is 6.07 Å². The van der Waals surface area contributed by atoms with Crippen molar-refractivity contribution >= 4 is 10.0 Å². The third-order valence-corrected chi connectivity index (χ3v) is 3.27. The third kappa shape index (κ3) is 4.26. The van der Waals surface area contributed by atoms with Crippen molar-refractivity contribution in [1.29, 1.82) is 0 Å². The Morgan fingerprint density at radius 1 is 1.38 bits per heavy atom. The Kier molecular flexibility index (Phi) is 4.85. The summed E-state index contributed by atoms with van der Waals surface area (Å²) < 4.78 is 43.2. The van der Waals surface area contributed by atoms with Crippen LogP contribution in [0.5, 0.6) is 0 Å². The zero-order valence-electron chi connectivity index (χ0n) is 8.94. The summed E-state index contributed by atoms with van der Waals surface area (Å²) in [6.07, 6.45) is 0. The van der Waals surface area contributed by atoms with E-state index < -0.39 is 15.8 Å². The van der Waals surface area contributed by atoms with E-state index in [0.29, 0.717) is 0 Å². The van der Waals surface area contributed by atoms with Crippen LogP contribution >= 0.6 is 0 Å². The predicted molar refractivity (Wildman–Crippen MR) is 58.9 cm³/mol. The van der Waals surface area contributed by atoms with Gasteiger partial charge in [-0.1, -0.05) is 18.2 Å². The summed E-state index contributed by atoms with van der Waals surface area (Å²) >= 11 is 0. The molecule has 1 rings (SSSR count). The number of hydrogen-bond acceptors (Lipinski definition) is 3. The Morgan fingerprint density at radius 2 is 2.06 bits per heavy atom. The Hall–Kier alpha value is -0.980. The number of halogens is 1. The first-order chi connectivity index (χ1) is 7.55. The number of rotatable bonds is 6. The van der Waals surface area contributed by atoms with E-state index in [4.69, 9.17) is 4.74 Å². The second kappa shape index (κ2) is 5.93. The fourth-order valence-corrected chi connectivity index (χ4v) is 2.31. The first kappa shape index (κ1) is 13.1. The summed E-state index contributed by atoms with van der Waals surface area (Å²) in [6, 6.07) is 5.80. The molecule has 1 aromatic rings. The van der Waals surface area contributed by atoms with E-state index in [-0.39, 0.29) is 24.5 Å². The van der Waals surface area contributed by atoms with Crippen LogP contribution in [0.25, 0.3) is 0 Å². The monoisotopic (exact) mass is 247 g/mol. The molecule has 16 heavy (non-hydrogen) atoms. The van der Waals surface area contributed by atoms with Gasteiger partial charge in [-0.3, -0.25) is 0 Å². The lowest BCUT2D eigenvalue weighted by Crippen LogP contribution is -2.28. The fourth-order valence-electron chi connectivity index (χ4n) is 1.17. The van der Waals surface area contributed by atoms with Gasteiger partial charge in [0.15, 0.2) is 0 Å². The maximum Gasteiger partial charge on any atom is 0.215 e. The van der Waals surface area contributed by atoms with Gasteiger partial charge in [0.05, 0.1) is 12.4 Å². The molecule has 0 heterocycles. The summed E-state index contributed by atoms with van der Waals surface area (Å²) in [7, 11) is -2.02. The highest BCUT2D eigenvalue weighted by Crippen LogP contribution is 2.09. The number of sulfonamides is 1. The molecule has 0 bridgehead atoms. The third-order valence-electron chi connectivity index (χ3n) is 1.93. The Balaban J connectivity index is 2.63. The maximum atomic E-state index is 13.2. The van der Waals surface area contributed by atoms with Crippen LogP contribution < -0.4 is 4.72 Å². The molecule has 0 aliphatic heterocycles. The van der Waals surface area contributed by atoms with Crippen molar-refractivity contribution in [3.8, 4) is 0 Å². The molecule has 0 saturated heterocycles. The normalized spacial score (nSPS) is 11.6. The van der Waals surface area contributed by atoms with Crippen molar-refractivity contribution in [2.75, 3.05) is 20.3 Å². The van der Waals surface area contributed by atoms with E-state index in [0.717, 1.165) is 0 Å². The van der Waals surface area contributed by atoms with Crippen LogP contribution in [0, 0.1) is 5.82 Å².